The lowest BCUT2D eigenvalue weighted by molar-refractivity contribution is 0.102. The summed E-state index contributed by atoms with van der Waals surface area (Å²) in [5, 5.41) is 4.96. The topological polar surface area (TPSA) is 85.4 Å². The van der Waals surface area contributed by atoms with Crippen LogP contribution in [-0.2, 0) is 9.84 Å². The maximum absolute atomic E-state index is 12.5. The number of ether oxygens (including phenoxy) is 1. The van der Waals surface area contributed by atoms with Gasteiger partial charge in [-0.15, -0.1) is 11.3 Å². The molecule has 0 fully saturated rings. The summed E-state index contributed by atoms with van der Waals surface area (Å²) >= 11 is 7.19. The number of hydrogen-bond donors (Lipinski definition) is 1. The van der Waals surface area contributed by atoms with Crippen molar-refractivity contribution in [2.75, 3.05) is 18.7 Å². The van der Waals surface area contributed by atoms with Crippen molar-refractivity contribution in [2.45, 2.75) is 11.8 Å². The van der Waals surface area contributed by atoms with Crippen LogP contribution >= 0.6 is 22.9 Å². The zero-order valence-electron chi connectivity index (χ0n) is 15.3. The Hall–Kier alpha value is -2.42. The predicted molar refractivity (Wildman–Crippen MR) is 111 cm³/mol. The normalized spacial score (nSPS) is 11.3. The average Bonchev–Trinajstić information content (AvgIpc) is 3.09. The number of benzene rings is 2. The molecule has 0 bridgehead atoms. The van der Waals surface area contributed by atoms with Gasteiger partial charge in [0.2, 0.25) is 0 Å². The van der Waals surface area contributed by atoms with Gasteiger partial charge in [0.05, 0.1) is 22.7 Å². The lowest BCUT2D eigenvalue weighted by Crippen LogP contribution is -2.12. The quantitative estimate of drug-likeness (QED) is 0.639. The van der Waals surface area contributed by atoms with E-state index in [1.807, 2.05) is 30.5 Å². The molecule has 3 rings (SSSR count). The van der Waals surface area contributed by atoms with Crippen molar-refractivity contribution in [3.05, 3.63) is 57.9 Å². The lowest BCUT2D eigenvalue weighted by Gasteiger charge is -2.07. The third kappa shape index (κ3) is 4.35. The number of carbonyl (C=O) groups excluding carboxylic acids is 1. The second-order valence-corrected chi connectivity index (χ2v) is 9.36. The van der Waals surface area contributed by atoms with Crippen LogP contribution in [0.4, 0.5) is 5.13 Å². The maximum Gasteiger partial charge on any atom is 0.257 e. The van der Waals surface area contributed by atoms with E-state index in [4.69, 9.17) is 16.3 Å². The summed E-state index contributed by atoms with van der Waals surface area (Å²) in [6.07, 6.45) is 1.04. The number of anilines is 1. The molecule has 1 aromatic heterocycles. The van der Waals surface area contributed by atoms with Crippen LogP contribution in [0.5, 0.6) is 5.75 Å². The van der Waals surface area contributed by atoms with E-state index in [0.717, 1.165) is 17.4 Å². The van der Waals surface area contributed by atoms with Gasteiger partial charge in [-0.2, -0.15) is 0 Å². The fraction of sp³-hybridized carbons (Fsp3) is 0.158. The molecule has 1 heterocycles. The van der Waals surface area contributed by atoms with E-state index in [9.17, 15) is 13.2 Å². The Kier molecular flexibility index (Phi) is 5.74. The Balaban J connectivity index is 1.87. The number of sulfone groups is 1. The monoisotopic (exact) mass is 436 g/mol. The molecular weight excluding hydrogens is 420 g/mol. The van der Waals surface area contributed by atoms with E-state index in [-0.39, 0.29) is 15.5 Å². The molecule has 3 aromatic rings. The smallest absolute Gasteiger partial charge is 0.257 e. The van der Waals surface area contributed by atoms with Crippen molar-refractivity contribution < 1.29 is 17.9 Å². The van der Waals surface area contributed by atoms with Crippen molar-refractivity contribution in [3.8, 4) is 17.0 Å². The molecule has 0 unspecified atom stereocenters. The molecule has 0 aliphatic carbocycles. The standard InChI is InChI=1S/C19H17ClN2O4S2/c1-11-4-7-16(26-2)13(8-11)15-10-27-19(21-15)22-18(23)12-5-6-14(20)17(9-12)28(3,24)25/h4-10H,1-3H3,(H,21,22,23). The molecule has 6 nitrogen and oxygen atoms in total. The van der Waals surface area contributed by atoms with Crippen LogP contribution in [0.15, 0.2) is 46.7 Å². The molecule has 1 amide bonds. The number of nitrogens with one attached hydrogen (secondary N) is 1. The molecule has 2 aromatic carbocycles. The van der Waals surface area contributed by atoms with Crippen LogP contribution in [0.3, 0.4) is 0 Å². The number of methoxy groups -OCH3 is 1. The van der Waals surface area contributed by atoms with Crippen LogP contribution in [0.2, 0.25) is 5.02 Å². The molecule has 9 heteroatoms. The summed E-state index contributed by atoms with van der Waals surface area (Å²) in [6, 6.07) is 9.87. The second-order valence-electron chi connectivity index (χ2n) is 6.11. The van der Waals surface area contributed by atoms with Gasteiger partial charge in [0.25, 0.3) is 5.91 Å². The van der Waals surface area contributed by atoms with Gasteiger partial charge >= 0.3 is 0 Å². The fourth-order valence-electron chi connectivity index (χ4n) is 2.57. The molecule has 28 heavy (non-hydrogen) atoms. The van der Waals surface area contributed by atoms with Gasteiger partial charge in [0, 0.05) is 22.8 Å². The van der Waals surface area contributed by atoms with Crippen LogP contribution in [0.25, 0.3) is 11.3 Å². The van der Waals surface area contributed by atoms with E-state index < -0.39 is 15.7 Å². The number of amides is 1. The van der Waals surface area contributed by atoms with Gasteiger partial charge in [0.15, 0.2) is 15.0 Å². The van der Waals surface area contributed by atoms with Crippen LogP contribution in [0, 0.1) is 6.92 Å². The van der Waals surface area contributed by atoms with Gasteiger partial charge in [0.1, 0.15) is 5.75 Å². The zero-order chi connectivity index (χ0) is 20.5. The Morgan fingerprint density at radius 3 is 2.64 bits per heavy atom. The summed E-state index contributed by atoms with van der Waals surface area (Å²) < 4.78 is 29.0. The Morgan fingerprint density at radius 1 is 1.21 bits per heavy atom. The van der Waals surface area contributed by atoms with E-state index in [1.165, 1.54) is 29.5 Å². The minimum atomic E-state index is -3.54. The number of hydrogen-bond acceptors (Lipinski definition) is 6. The number of aromatic nitrogens is 1. The molecule has 146 valence electrons. The van der Waals surface area contributed by atoms with Crippen molar-refractivity contribution in [1.82, 2.24) is 4.98 Å². The fourth-order valence-corrected chi connectivity index (χ4v) is 4.58. The Labute approximate surface area is 172 Å². The molecule has 0 saturated carbocycles. The van der Waals surface area contributed by atoms with E-state index in [0.29, 0.717) is 16.6 Å². The molecule has 0 radical (unpaired) electrons. The first-order valence-electron chi connectivity index (χ1n) is 8.10. The van der Waals surface area contributed by atoms with Gasteiger partial charge in [-0.25, -0.2) is 13.4 Å². The number of carbonyl (C=O) groups is 1. The van der Waals surface area contributed by atoms with Crippen molar-refractivity contribution in [1.29, 1.82) is 0 Å². The third-order valence-corrected chi connectivity index (χ3v) is 6.28. The summed E-state index contributed by atoms with van der Waals surface area (Å²) in [4.78, 5) is 16.9. The number of rotatable bonds is 5. The number of halogens is 1. The number of nitrogens with zero attached hydrogens (tertiary/aromatic N) is 1. The van der Waals surface area contributed by atoms with Crippen molar-refractivity contribution >= 4 is 43.8 Å². The highest BCUT2D eigenvalue weighted by Gasteiger charge is 2.17. The van der Waals surface area contributed by atoms with Crippen LogP contribution < -0.4 is 10.1 Å². The summed E-state index contributed by atoms with van der Waals surface area (Å²) in [6.45, 7) is 1.97. The Bertz CT molecular complexity index is 1160. The number of thiazole rings is 1. The van der Waals surface area contributed by atoms with Crippen molar-refractivity contribution in [3.63, 3.8) is 0 Å². The molecule has 0 atom stereocenters. The predicted octanol–water partition coefficient (Wildman–Crippen LogP) is 4.44. The van der Waals surface area contributed by atoms with Crippen LogP contribution in [0.1, 0.15) is 15.9 Å². The minimum absolute atomic E-state index is 0.0714. The zero-order valence-corrected chi connectivity index (χ0v) is 17.7. The van der Waals surface area contributed by atoms with E-state index in [2.05, 4.69) is 10.3 Å². The number of aryl methyl sites for hydroxylation is 1. The highest BCUT2D eigenvalue weighted by molar-refractivity contribution is 7.90. The van der Waals surface area contributed by atoms with Crippen LogP contribution in [-0.4, -0.2) is 32.7 Å². The molecule has 1 N–H and O–H groups in total. The lowest BCUT2D eigenvalue weighted by atomic mass is 10.1. The molecular formula is C19H17ClN2O4S2. The first kappa shape index (κ1) is 20.3. The largest absolute Gasteiger partial charge is 0.496 e. The SMILES string of the molecule is COc1ccc(C)cc1-c1csc(NC(=O)c2ccc(Cl)c(S(C)(=O)=O)c2)n1. The summed E-state index contributed by atoms with van der Waals surface area (Å²) in [7, 11) is -1.96. The van der Waals surface area contributed by atoms with Crippen molar-refractivity contribution in [2.24, 2.45) is 0 Å². The first-order chi connectivity index (χ1) is 13.2. The van der Waals surface area contributed by atoms with Gasteiger partial charge in [-0.05, 0) is 37.3 Å². The Morgan fingerprint density at radius 2 is 1.96 bits per heavy atom. The van der Waals surface area contributed by atoms with E-state index in [1.54, 1.807) is 7.11 Å². The molecule has 0 saturated heterocycles. The molecule has 0 aliphatic rings. The highest BCUT2D eigenvalue weighted by Crippen LogP contribution is 2.33. The van der Waals surface area contributed by atoms with Gasteiger partial charge in [-0.1, -0.05) is 23.2 Å². The summed E-state index contributed by atoms with van der Waals surface area (Å²) in [5.74, 6) is 0.211. The van der Waals surface area contributed by atoms with E-state index >= 15 is 0 Å². The summed E-state index contributed by atoms with van der Waals surface area (Å²) in [5.41, 5.74) is 2.73. The molecule has 0 aliphatic heterocycles. The third-order valence-electron chi connectivity index (χ3n) is 3.95. The van der Waals surface area contributed by atoms with Gasteiger partial charge < -0.3 is 4.74 Å². The first-order valence-corrected chi connectivity index (χ1v) is 11.3. The second kappa shape index (κ2) is 7.90. The maximum atomic E-state index is 12.5. The highest BCUT2D eigenvalue weighted by atomic mass is 35.5. The molecule has 0 spiro atoms. The average molecular weight is 437 g/mol. The minimum Gasteiger partial charge on any atom is -0.496 e. The van der Waals surface area contributed by atoms with Gasteiger partial charge in [-0.3, -0.25) is 10.1 Å².